The maximum atomic E-state index is 12.3. The first-order valence-corrected chi connectivity index (χ1v) is 10.3. The molecule has 138 valence electrons. The largest absolute Gasteiger partial charge is 0.351 e. The van der Waals surface area contributed by atoms with Crippen molar-refractivity contribution in [1.29, 1.82) is 0 Å². The van der Waals surface area contributed by atoms with Crippen LogP contribution >= 0.6 is 34.7 Å². The van der Waals surface area contributed by atoms with Gasteiger partial charge >= 0.3 is 0 Å². The van der Waals surface area contributed by atoms with Gasteiger partial charge < -0.3 is 5.32 Å². The predicted molar refractivity (Wildman–Crippen MR) is 105 cm³/mol. The molecular formula is C17H19ClN4O2S2. The predicted octanol–water partition coefficient (Wildman–Crippen LogP) is 3.50. The summed E-state index contributed by atoms with van der Waals surface area (Å²) in [6, 6.07) is 7.60. The Bertz CT molecular complexity index is 792. The first kappa shape index (κ1) is 19.1. The molecule has 26 heavy (non-hydrogen) atoms. The third-order valence-electron chi connectivity index (χ3n) is 3.88. The van der Waals surface area contributed by atoms with Gasteiger partial charge in [-0.1, -0.05) is 46.8 Å². The van der Waals surface area contributed by atoms with Crippen LogP contribution in [-0.4, -0.2) is 33.3 Å². The van der Waals surface area contributed by atoms with E-state index in [9.17, 15) is 9.59 Å². The van der Waals surface area contributed by atoms with E-state index in [0.717, 1.165) is 18.4 Å². The van der Waals surface area contributed by atoms with Gasteiger partial charge in [-0.3, -0.25) is 14.5 Å². The maximum absolute atomic E-state index is 12.3. The summed E-state index contributed by atoms with van der Waals surface area (Å²) >= 11 is 8.55. The third kappa shape index (κ3) is 4.96. The summed E-state index contributed by atoms with van der Waals surface area (Å²) < 4.78 is 0.682. The zero-order valence-corrected chi connectivity index (χ0v) is 16.8. The monoisotopic (exact) mass is 410 g/mol. The van der Waals surface area contributed by atoms with Gasteiger partial charge in [-0.05, 0) is 37.5 Å². The van der Waals surface area contributed by atoms with Gasteiger partial charge in [0.05, 0.1) is 5.25 Å². The second kappa shape index (κ2) is 8.37. The van der Waals surface area contributed by atoms with E-state index in [-0.39, 0.29) is 23.1 Å². The summed E-state index contributed by atoms with van der Waals surface area (Å²) in [5.41, 5.74) is 0.986. The van der Waals surface area contributed by atoms with E-state index in [4.69, 9.17) is 11.6 Å². The molecular weight excluding hydrogens is 392 g/mol. The van der Waals surface area contributed by atoms with Crippen LogP contribution in [0.25, 0.3) is 0 Å². The van der Waals surface area contributed by atoms with Gasteiger partial charge in [0.15, 0.2) is 4.34 Å². The molecule has 3 rings (SSSR count). The van der Waals surface area contributed by atoms with E-state index in [2.05, 4.69) is 15.5 Å². The van der Waals surface area contributed by atoms with Crippen molar-refractivity contribution in [3.8, 4) is 0 Å². The van der Waals surface area contributed by atoms with E-state index >= 15 is 0 Å². The molecule has 1 unspecified atom stereocenters. The lowest BCUT2D eigenvalue weighted by Crippen LogP contribution is -2.30. The molecule has 9 heteroatoms. The molecule has 6 nitrogen and oxygen atoms in total. The Hall–Kier alpha value is -1.64. The first-order chi connectivity index (χ1) is 12.4. The lowest BCUT2D eigenvalue weighted by molar-refractivity contribution is -0.120. The van der Waals surface area contributed by atoms with Crippen LogP contribution in [0.5, 0.6) is 0 Å². The SMILES string of the molecule is CC(=O)N(c1nnc(SC(C)C(=O)NCc2ccc(Cl)cc2)s1)C1CC1. The Morgan fingerprint density at radius 2 is 2.04 bits per heavy atom. The molecule has 0 aliphatic heterocycles. The van der Waals surface area contributed by atoms with E-state index in [1.807, 2.05) is 19.1 Å². The summed E-state index contributed by atoms with van der Waals surface area (Å²) in [7, 11) is 0. The maximum Gasteiger partial charge on any atom is 0.233 e. The van der Waals surface area contributed by atoms with Gasteiger partial charge in [0.25, 0.3) is 0 Å². The first-order valence-electron chi connectivity index (χ1n) is 8.26. The fourth-order valence-corrected chi connectivity index (χ4v) is 4.62. The number of anilines is 1. The van der Waals surface area contributed by atoms with Crippen molar-refractivity contribution < 1.29 is 9.59 Å². The van der Waals surface area contributed by atoms with E-state index in [1.165, 1.54) is 23.1 Å². The van der Waals surface area contributed by atoms with Gasteiger partial charge in [-0.25, -0.2) is 0 Å². The van der Waals surface area contributed by atoms with Crippen LogP contribution in [0, 0.1) is 0 Å². The molecule has 1 fully saturated rings. The molecule has 0 saturated heterocycles. The number of benzene rings is 1. The highest BCUT2D eigenvalue weighted by molar-refractivity contribution is 8.02. The summed E-state index contributed by atoms with van der Waals surface area (Å²) in [5.74, 6) is -0.0960. The smallest absolute Gasteiger partial charge is 0.233 e. The Morgan fingerprint density at radius 1 is 1.35 bits per heavy atom. The highest BCUT2D eigenvalue weighted by atomic mass is 35.5. The molecule has 1 aromatic carbocycles. The van der Waals surface area contributed by atoms with Crippen LogP contribution in [-0.2, 0) is 16.1 Å². The van der Waals surface area contributed by atoms with Crippen LogP contribution in [0.2, 0.25) is 5.02 Å². The van der Waals surface area contributed by atoms with Crippen molar-refractivity contribution in [2.45, 2.75) is 48.9 Å². The molecule has 1 aliphatic carbocycles. The number of rotatable bonds is 7. The minimum Gasteiger partial charge on any atom is -0.351 e. The number of thioether (sulfide) groups is 1. The number of nitrogens with zero attached hydrogens (tertiary/aromatic N) is 3. The van der Waals surface area contributed by atoms with Crippen molar-refractivity contribution in [2.75, 3.05) is 4.90 Å². The van der Waals surface area contributed by atoms with E-state index in [0.29, 0.717) is 21.0 Å². The molecule has 1 aliphatic rings. The molecule has 1 saturated carbocycles. The minimum absolute atomic E-state index is 0.0195. The zero-order valence-electron chi connectivity index (χ0n) is 14.4. The second-order valence-electron chi connectivity index (χ2n) is 6.08. The molecule has 1 heterocycles. The van der Waals surface area contributed by atoms with E-state index in [1.54, 1.807) is 24.0 Å². The van der Waals surface area contributed by atoms with Crippen molar-refractivity contribution >= 4 is 51.6 Å². The fraction of sp³-hybridized carbons (Fsp3) is 0.412. The van der Waals surface area contributed by atoms with Gasteiger partial charge in [-0.2, -0.15) is 0 Å². The molecule has 0 spiro atoms. The zero-order chi connectivity index (χ0) is 18.7. The number of amides is 2. The van der Waals surface area contributed by atoms with Crippen LogP contribution < -0.4 is 10.2 Å². The van der Waals surface area contributed by atoms with Gasteiger partial charge in [0.2, 0.25) is 16.9 Å². The number of nitrogens with one attached hydrogen (secondary N) is 1. The molecule has 2 aromatic rings. The number of carbonyl (C=O) groups is 2. The normalized spacial score (nSPS) is 14.7. The van der Waals surface area contributed by atoms with Crippen molar-refractivity contribution in [2.24, 2.45) is 0 Å². The summed E-state index contributed by atoms with van der Waals surface area (Å²) in [6.07, 6.45) is 2.01. The Labute approximate surface area is 165 Å². The highest BCUT2D eigenvalue weighted by Gasteiger charge is 2.34. The highest BCUT2D eigenvalue weighted by Crippen LogP contribution is 2.36. The van der Waals surface area contributed by atoms with Crippen molar-refractivity contribution in [1.82, 2.24) is 15.5 Å². The van der Waals surface area contributed by atoms with Crippen LogP contribution in [0.4, 0.5) is 5.13 Å². The number of aromatic nitrogens is 2. The Balaban J connectivity index is 1.54. The van der Waals surface area contributed by atoms with Crippen LogP contribution in [0.15, 0.2) is 28.6 Å². The second-order valence-corrected chi connectivity index (χ2v) is 9.06. The number of halogens is 1. The summed E-state index contributed by atoms with van der Waals surface area (Å²) in [6.45, 7) is 3.81. The lowest BCUT2D eigenvalue weighted by Gasteiger charge is -2.15. The average Bonchev–Trinajstić information content (AvgIpc) is 3.33. The summed E-state index contributed by atoms with van der Waals surface area (Å²) in [4.78, 5) is 25.8. The van der Waals surface area contributed by atoms with Gasteiger partial charge in [0.1, 0.15) is 0 Å². The number of carbonyl (C=O) groups excluding carboxylic acids is 2. The molecule has 1 atom stereocenters. The van der Waals surface area contributed by atoms with Crippen molar-refractivity contribution in [3.05, 3.63) is 34.9 Å². The van der Waals surface area contributed by atoms with Crippen LogP contribution in [0.3, 0.4) is 0 Å². The molecule has 0 bridgehead atoms. The van der Waals surface area contributed by atoms with E-state index < -0.39 is 0 Å². The Kier molecular flexibility index (Phi) is 6.16. The lowest BCUT2D eigenvalue weighted by atomic mass is 10.2. The Morgan fingerprint density at radius 3 is 2.65 bits per heavy atom. The van der Waals surface area contributed by atoms with Gasteiger partial charge in [0, 0.05) is 24.5 Å². The third-order valence-corrected chi connectivity index (χ3v) is 6.24. The summed E-state index contributed by atoms with van der Waals surface area (Å²) in [5, 5.41) is 12.1. The average molecular weight is 411 g/mol. The topological polar surface area (TPSA) is 75.2 Å². The molecule has 0 radical (unpaired) electrons. The minimum atomic E-state index is -0.310. The standard InChI is InChI=1S/C17H19ClN4O2S2/c1-10(15(24)19-9-12-3-5-13(18)6-4-12)25-17-21-20-16(26-17)22(11(2)23)14-7-8-14/h3-6,10,14H,7-9H2,1-2H3,(H,19,24). The number of hydrogen-bond acceptors (Lipinski definition) is 6. The van der Waals surface area contributed by atoms with Crippen LogP contribution in [0.1, 0.15) is 32.3 Å². The quantitative estimate of drug-likeness (QED) is 0.558. The number of hydrogen-bond donors (Lipinski definition) is 1. The molecule has 1 aromatic heterocycles. The van der Waals surface area contributed by atoms with Crippen molar-refractivity contribution in [3.63, 3.8) is 0 Å². The molecule has 2 amide bonds. The molecule has 1 N–H and O–H groups in total. The fourth-order valence-electron chi connectivity index (χ4n) is 2.37. The van der Waals surface area contributed by atoms with Gasteiger partial charge in [-0.15, -0.1) is 10.2 Å².